The lowest BCUT2D eigenvalue weighted by molar-refractivity contribution is 0.354. The minimum Gasteiger partial charge on any atom is -0.493 e. The van der Waals surface area contributed by atoms with Gasteiger partial charge < -0.3 is 9.47 Å². The van der Waals surface area contributed by atoms with Gasteiger partial charge in [-0.1, -0.05) is 51.8 Å². The Morgan fingerprint density at radius 1 is 1.00 bits per heavy atom. The summed E-state index contributed by atoms with van der Waals surface area (Å²) in [6.07, 6.45) is 0. The van der Waals surface area contributed by atoms with Gasteiger partial charge >= 0.3 is 0 Å². The van der Waals surface area contributed by atoms with E-state index in [1.165, 1.54) is 11.1 Å². The molecule has 0 heterocycles. The van der Waals surface area contributed by atoms with Crippen LogP contribution in [0.5, 0.6) is 11.5 Å². The Morgan fingerprint density at radius 2 is 1.60 bits per heavy atom. The number of hydrogen-bond acceptors (Lipinski definition) is 2. The summed E-state index contributed by atoms with van der Waals surface area (Å²) in [7, 11) is 3.22. The van der Waals surface area contributed by atoms with E-state index in [-0.39, 0.29) is 4.83 Å². The van der Waals surface area contributed by atoms with Gasteiger partial charge in [0.2, 0.25) is 0 Å². The van der Waals surface area contributed by atoms with Crippen LogP contribution in [0.4, 0.5) is 0 Å². The van der Waals surface area contributed by atoms with E-state index in [1.54, 1.807) is 20.3 Å². The average Bonchev–Trinajstić information content (AvgIpc) is 2.46. The standard InChI is InChI=1S/C16H16BrClO2/c1-10-6-4-5-7-11(10)16(17)12-8-14(19-2)15(20-3)9-13(12)18/h4-9,16H,1-3H3. The lowest BCUT2D eigenvalue weighted by atomic mass is 10.00. The van der Waals surface area contributed by atoms with E-state index in [0.717, 1.165) is 5.56 Å². The zero-order valence-electron chi connectivity index (χ0n) is 11.6. The average molecular weight is 356 g/mol. The Balaban J connectivity index is 2.50. The topological polar surface area (TPSA) is 18.5 Å². The smallest absolute Gasteiger partial charge is 0.162 e. The normalized spacial score (nSPS) is 12.1. The maximum absolute atomic E-state index is 6.37. The highest BCUT2D eigenvalue weighted by atomic mass is 79.9. The van der Waals surface area contributed by atoms with Crippen molar-refractivity contribution >= 4 is 27.5 Å². The van der Waals surface area contributed by atoms with E-state index in [9.17, 15) is 0 Å². The van der Waals surface area contributed by atoms with Crippen molar-refractivity contribution in [2.75, 3.05) is 14.2 Å². The molecule has 20 heavy (non-hydrogen) atoms. The number of hydrogen-bond donors (Lipinski definition) is 0. The Bertz CT molecular complexity index is 613. The molecule has 0 aliphatic carbocycles. The molecule has 2 aromatic rings. The lowest BCUT2D eigenvalue weighted by Crippen LogP contribution is -1.99. The van der Waals surface area contributed by atoms with Gasteiger partial charge in [0, 0.05) is 11.1 Å². The molecule has 2 nitrogen and oxygen atoms in total. The molecule has 0 radical (unpaired) electrons. The van der Waals surface area contributed by atoms with Crippen LogP contribution in [0.3, 0.4) is 0 Å². The largest absolute Gasteiger partial charge is 0.493 e. The maximum atomic E-state index is 6.37. The van der Waals surface area contributed by atoms with E-state index >= 15 is 0 Å². The zero-order chi connectivity index (χ0) is 14.7. The molecule has 0 fully saturated rings. The molecular formula is C16H16BrClO2. The third-order valence-electron chi connectivity index (χ3n) is 3.24. The molecule has 0 aliphatic rings. The second-order valence-corrected chi connectivity index (χ2v) is 5.77. The molecule has 1 atom stereocenters. The number of benzene rings is 2. The molecule has 4 heteroatoms. The van der Waals surface area contributed by atoms with Crippen molar-refractivity contribution in [3.05, 3.63) is 58.1 Å². The Hall–Kier alpha value is -1.19. The monoisotopic (exact) mass is 354 g/mol. The first kappa shape index (κ1) is 15.2. The van der Waals surface area contributed by atoms with Crippen LogP contribution in [-0.4, -0.2) is 14.2 Å². The fraction of sp³-hybridized carbons (Fsp3) is 0.250. The van der Waals surface area contributed by atoms with Crippen molar-refractivity contribution in [3.63, 3.8) is 0 Å². The van der Waals surface area contributed by atoms with Crippen LogP contribution >= 0.6 is 27.5 Å². The van der Waals surface area contributed by atoms with Gasteiger partial charge in [0.15, 0.2) is 11.5 Å². The minimum atomic E-state index is 0.0102. The first-order chi connectivity index (χ1) is 9.58. The van der Waals surface area contributed by atoms with Crippen LogP contribution in [0.2, 0.25) is 5.02 Å². The van der Waals surface area contributed by atoms with Gasteiger partial charge in [-0.15, -0.1) is 0 Å². The summed E-state index contributed by atoms with van der Waals surface area (Å²) in [5.74, 6) is 1.30. The van der Waals surface area contributed by atoms with Crippen molar-refractivity contribution < 1.29 is 9.47 Å². The highest BCUT2D eigenvalue weighted by Gasteiger charge is 2.18. The third-order valence-corrected chi connectivity index (χ3v) is 4.55. The van der Waals surface area contributed by atoms with Crippen LogP contribution in [0, 0.1) is 6.92 Å². The van der Waals surface area contributed by atoms with Crippen LogP contribution in [-0.2, 0) is 0 Å². The number of alkyl halides is 1. The Morgan fingerprint density at radius 3 is 2.20 bits per heavy atom. The number of ether oxygens (including phenoxy) is 2. The van der Waals surface area contributed by atoms with Crippen molar-refractivity contribution in [1.29, 1.82) is 0 Å². The van der Waals surface area contributed by atoms with Crippen molar-refractivity contribution in [3.8, 4) is 11.5 Å². The van der Waals surface area contributed by atoms with Crippen LogP contribution < -0.4 is 9.47 Å². The van der Waals surface area contributed by atoms with Gasteiger partial charge in [-0.05, 0) is 29.7 Å². The van der Waals surface area contributed by atoms with Gasteiger partial charge in [0.05, 0.1) is 19.0 Å². The Labute approximate surface area is 132 Å². The molecule has 0 aliphatic heterocycles. The van der Waals surface area contributed by atoms with E-state index in [2.05, 4.69) is 35.0 Å². The minimum absolute atomic E-state index is 0.0102. The number of methoxy groups -OCH3 is 2. The quantitative estimate of drug-likeness (QED) is 0.706. The maximum Gasteiger partial charge on any atom is 0.162 e. The van der Waals surface area contributed by atoms with Gasteiger partial charge in [0.1, 0.15) is 0 Å². The molecule has 0 N–H and O–H groups in total. The molecule has 0 amide bonds. The van der Waals surface area contributed by atoms with Crippen LogP contribution in [0.25, 0.3) is 0 Å². The highest BCUT2D eigenvalue weighted by Crippen LogP contribution is 2.41. The molecule has 0 saturated carbocycles. The summed E-state index contributed by atoms with van der Waals surface area (Å²) in [5.41, 5.74) is 3.35. The highest BCUT2D eigenvalue weighted by molar-refractivity contribution is 9.09. The number of halogens is 2. The summed E-state index contributed by atoms with van der Waals surface area (Å²) >= 11 is 10.1. The molecule has 0 aromatic heterocycles. The molecule has 1 unspecified atom stereocenters. The predicted octanol–water partition coefficient (Wildman–Crippen LogP) is 5.15. The summed E-state index contributed by atoms with van der Waals surface area (Å²) in [6.45, 7) is 2.08. The summed E-state index contributed by atoms with van der Waals surface area (Å²) in [5, 5.41) is 0.646. The molecular weight excluding hydrogens is 340 g/mol. The van der Waals surface area contributed by atoms with E-state index in [1.807, 2.05) is 18.2 Å². The predicted molar refractivity (Wildman–Crippen MR) is 86.5 cm³/mol. The summed E-state index contributed by atoms with van der Waals surface area (Å²) in [4.78, 5) is 0.0102. The second kappa shape index (κ2) is 6.51. The van der Waals surface area contributed by atoms with Crippen LogP contribution in [0.1, 0.15) is 21.5 Å². The van der Waals surface area contributed by atoms with Gasteiger partial charge in [-0.3, -0.25) is 0 Å². The molecule has 0 bridgehead atoms. The molecule has 106 valence electrons. The van der Waals surface area contributed by atoms with Crippen molar-refractivity contribution in [1.82, 2.24) is 0 Å². The summed E-state index contributed by atoms with van der Waals surface area (Å²) in [6, 6.07) is 11.9. The first-order valence-electron chi connectivity index (χ1n) is 6.19. The van der Waals surface area contributed by atoms with E-state index in [0.29, 0.717) is 16.5 Å². The number of rotatable bonds is 4. The van der Waals surface area contributed by atoms with Crippen LogP contribution in [0.15, 0.2) is 36.4 Å². The van der Waals surface area contributed by atoms with E-state index in [4.69, 9.17) is 21.1 Å². The SMILES string of the molecule is COc1cc(Cl)c(C(Br)c2ccccc2C)cc1OC. The van der Waals surface area contributed by atoms with Crippen molar-refractivity contribution in [2.45, 2.75) is 11.8 Å². The molecule has 2 aromatic carbocycles. The van der Waals surface area contributed by atoms with Crippen molar-refractivity contribution in [2.24, 2.45) is 0 Å². The second-order valence-electron chi connectivity index (χ2n) is 4.45. The number of aryl methyl sites for hydroxylation is 1. The van der Waals surface area contributed by atoms with Gasteiger partial charge in [0.25, 0.3) is 0 Å². The Kier molecular flexibility index (Phi) is 4.95. The van der Waals surface area contributed by atoms with Gasteiger partial charge in [-0.2, -0.15) is 0 Å². The third kappa shape index (κ3) is 2.94. The lowest BCUT2D eigenvalue weighted by Gasteiger charge is -2.17. The van der Waals surface area contributed by atoms with Gasteiger partial charge in [-0.25, -0.2) is 0 Å². The first-order valence-corrected chi connectivity index (χ1v) is 7.48. The fourth-order valence-corrected chi connectivity index (χ4v) is 3.39. The fourth-order valence-electron chi connectivity index (χ4n) is 2.10. The molecule has 0 spiro atoms. The molecule has 0 saturated heterocycles. The molecule has 2 rings (SSSR count). The zero-order valence-corrected chi connectivity index (χ0v) is 14.0. The summed E-state index contributed by atoms with van der Waals surface area (Å²) < 4.78 is 10.6. The van der Waals surface area contributed by atoms with E-state index < -0.39 is 0 Å².